The predicted octanol–water partition coefficient (Wildman–Crippen LogP) is 3.38. The third-order valence-electron chi connectivity index (χ3n) is 2.99. The van der Waals surface area contributed by atoms with E-state index < -0.39 is 0 Å². The summed E-state index contributed by atoms with van der Waals surface area (Å²) in [4.78, 5) is 15.1. The lowest BCUT2D eigenvalue weighted by Crippen LogP contribution is -2.13. The maximum atomic E-state index is 4.58. The Morgan fingerprint density at radius 1 is 0.762 bits per heavy atom. The molecule has 21 heavy (non-hydrogen) atoms. The number of rotatable bonds is 4. The molecule has 0 bridgehead atoms. The van der Waals surface area contributed by atoms with Crippen molar-refractivity contribution in [3.8, 4) is 0 Å². The van der Waals surface area contributed by atoms with Crippen LogP contribution in [0, 0.1) is 0 Å². The van der Waals surface area contributed by atoms with Crippen LogP contribution >= 0.6 is 0 Å². The highest BCUT2D eigenvalue weighted by molar-refractivity contribution is 5.59. The summed E-state index contributed by atoms with van der Waals surface area (Å²) in [7, 11) is 1.94. The van der Waals surface area contributed by atoms with Crippen LogP contribution in [0.25, 0.3) is 0 Å². The maximum Gasteiger partial charge on any atom is 0.136 e. The van der Waals surface area contributed by atoms with E-state index in [0.717, 1.165) is 23.3 Å². The van der Waals surface area contributed by atoms with Gasteiger partial charge in [-0.1, -0.05) is 18.2 Å². The molecular formula is C16H15N5. The molecule has 3 heterocycles. The normalized spacial score (nSPS) is 10.1. The van der Waals surface area contributed by atoms with Gasteiger partial charge in [-0.25, -0.2) is 15.0 Å². The van der Waals surface area contributed by atoms with Crippen molar-refractivity contribution in [2.75, 3.05) is 17.3 Å². The highest BCUT2D eigenvalue weighted by atomic mass is 15.2. The number of hydrogen-bond donors (Lipinski definition) is 1. The molecule has 5 heteroatoms. The largest absolute Gasteiger partial charge is 0.325 e. The van der Waals surface area contributed by atoms with Crippen molar-refractivity contribution < 1.29 is 0 Å². The molecule has 0 aliphatic carbocycles. The summed E-state index contributed by atoms with van der Waals surface area (Å²) < 4.78 is 0. The minimum atomic E-state index is 0.744. The van der Waals surface area contributed by atoms with Gasteiger partial charge in [0.05, 0.1) is 0 Å². The molecule has 0 fully saturated rings. The van der Waals surface area contributed by atoms with Crippen LogP contribution in [0.3, 0.4) is 0 Å². The van der Waals surface area contributed by atoms with Crippen LogP contribution in [0.1, 0.15) is 0 Å². The van der Waals surface area contributed by atoms with E-state index in [9.17, 15) is 0 Å². The molecule has 104 valence electrons. The van der Waals surface area contributed by atoms with E-state index in [1.807, 2.05) is 66.5 Å². The second-order valence-corrected chi connectivity index (χ2v) is 4.47. The fourth-order valence-electron chi connectivity index (χ4n) is 1.92. The van der Waals surface area contributed by atoms with Gasteiger partial charge >= 0.3 is 0 Å². The Bertz CT molecular complexity index is 700. The fourth-order valence-corrected chi connectivity index (χ4v) is 1.92. The van der Waals surface area contributed by atoms with Gasteiger partial charge in [0.25, 0.3) is 0 Å². The second-order valence-electron chi connectivity index (χ2n) is 4.47. The highest BCUT2D eigenvalue weighted by Gasteiger charge is 2.07. The van der Waals surface area contributed by atoms with E-state index in [-0.39, 0.29) is 0 Å². The summed E-state index contributed by atoms with van der Waals surface area (Å²) in [6, 6.07) is 17.3. The van der Waals surface area contributed by atoms with Crippen molar-refractivity contribution in [3.05, 3.63) is 67.0 Å². The highest BCUT2D eigenvalue weighted by Crippen LogP contribution is 2.21. The monoisotopic (exact) mass is 277 g/mol. The van der Waals surface area contributed by atoms with Crippen LogP contribution in [0.2, 0.25) is 0 Å². The smallest absolute Gasteiger partial charge is 0.136 e. The zero-order chi connectivity index (χ0) is 14.5. The molecule has 1 N–H and O–H groups in total. The first kappa shape index (κ1) is 13.1. The summed E-state index contributed by atoms with van der Waals surface area (Å²) in [5.74, 6) is 3.17. The van der Waals surface area contributed by atoms with Crippen molar-refractivity contribution in [2.45, 2.75) is 0 Å². The summed E-state index contributed by atoms with van der Waals surface area (Å²) >= 11 is 0. The molecule has 0 unspecified atom stereocenters. The molecule has 0 spiro atoms. The van der Waals surface area contributed by atoms with Crippen LogP contribution in [0.5, 0.6) is 0 Å². The number of hydrogen-bond acceptors (Lipinski definition) is 5. The first-order valence-corrected chi connectivity index (χ1v) is 6.63. The molecule has 0 saturated carbocycles. The molecule has 0 atom stereocenters. The lowest BCUT2D eigenvalue weighted by molar-refractivity contribution is 1.08. The summed E-state index contributed by atoms with van der Waals surface area (Å²) in [6.45, 7) is 0. The predicted molar refractivity (Wildman–Crippen MR) is 84.1 cm³/mol. The first-order chi connectivity index (χ1) is 10.3. The van der Waals surface area contributed by atoms with Gasteiger partial charge in [-0.15, -0.1) is 0 Å². The van der Waals surface area contributed by atoms with Gasteiger partial charge in [0.1, 0.15) is 23.3 Å². The minimum absolute atomic E-state index is 0.744. The average molecular weight is 277 g/mol. The second kappa shape index (κ2) is 6.00. The quantitative estimate of drug-likeness (QED) is 0.792. The van der Waals surface area contributed by atoms with Crippen LogP contribution in [0.15, 0.2) is 67.0 Å². The Labute approximate surface area is 123 Å². The zero-order valence-corrected chi connectivity index (χ0v) is 11.6. The van der Waals surface area contributed by atoms with Crippen molar-refractivity contribution in [2.24, 2.45) is 0 Å². The molecule has 0 aromatic carbocycles. The van der Waals surface area contributed by atoms with Gasteiger partial charge in [0.15, 0.2) is 0 Å². The molecule has 0 saturated heterocycles. The van der Waals surface area contributed by atoms with Crippen LogP contribution in [-0.2, 0) is 0 Å². The van der Waals surface area contributed by atoms with E-state index >= 15 is 0 Å². The third-order valence-corrected chi connectivity index (χ3v) is 2.99. The Morgan fingerprint density at radius 3 is 2.19 bits per heavy atom. The minimum Gasteiger partial charge on any atom is -0.325 e. The molecule has 5 nitrogen and oxygen atoms in total. The Kier molecular flexibility index (Phi) is 3.73. The van der Waals surface area contributed by atoms with Gasteiger partial charge in [-0.2, -0.15) is 0 Å². The van der Waals surface area contributed by atoms with E-state index in [4.69, 9.17) is 0 Å². The lowest BCUT2D eigenvalue weighted by atomic mass is 10.4. The molecule has 0 radical (unpaired) electrons. The lowest BCUT2D eigenvalue weighted by Gasteiger charge is -2.17. The number of nitrogens with zero attached hydrogens (tertiary/aromatic N) is 4. The van der Waals surface area contributed by atoms with Crippen molar-refractivity contribution in [1.82, 2.24) is 15.0 Å². The number of aromatic nitrogens is 3. The molecule has 0 amide bonds. The van der Waals surface area contributed by atoms with E-state index in [2.05, 4.69) is 20.3 Å². The van der Waals surface area contributed by atoms with Gasteiger partial charge in [0.2, 0.25) is 0 Å². The number of nitrogens with one attached hydrogen (secondary N) is 1. The van der Waals surface area contributed by atoms with E-state index in [0.29, 0.717) is 0 Å². The number of pyridine rings is 3. The summed E-state index contributed by atoms with van der Waals surface area (Å²) in [5.41, 5.74) is 0. The van der Waals surface area contributed by atoms with Gasteiger partial charge in [0, 0.05) is 19.4 Å². The Hall–Kier alpha value is -2.95. The van der Waals surface area contributed by atoms with Crippen LogP contribution < -0.4 is 10.2 Å². The van der Waals surface area contributed by atoms with Crippen LogP contribution in [0.4, 0.5) is 23.3 Å². The van der Waals surface area contributed by atoms with Crippen molar-refractivity contribution in [3.63, 3.8) is 0 Å². The fraction of sp³-hybridized carbons (Fsp3) is 0.0625. The topological polar surface area (TPSA) is 53.9 Å². The Balaban J connectivity index is 1.83. The maximum absolute atomic E-state index is 4.58. The van der Waals surface area contributed by atoms with Gasteiger partial charge < -0.3 is 10.2 Å². The van der Waals surface area contributed by atoms with Crippen molar-refractivity contribution in [1.29, 1.82) is 0 Å². The first-order valence-electron chi connectivity index (χ1n) is 6.63. The molecule has 3 aromatic heterocycles. The molecule has 0 aliphatic rings. The summed E-state index contributed by atoms with van der Waals surface area (Å²) in [6.07, 6.45) is 3.51. The standard InChI is InChI=1S/C16H15N5/c1-21(15-9-3-5-12-18-15)16-10-6-8-14(20-16)19-13-7-2-4-11-17-13/h2-12H,1H3,(H,17,19,20). The number of anilines is 4. The Morgan fingerprint density at radius 2 is 1.48 bits per heavy atom. The summed E-state index contributed by atoms with van der Waals surface area (Å²) in [5, 5.41) is 3.18. The SMILES string of the molecule is CN(c1ccccn1)c1cccc(Nc2ccccn2)n1. The zero-order valence-electron chi connectivity index (χ0n) is 11.6. The molecule has 0 aliphatic heterocycles. The van der Waals surface area contributed by atoms with Crippen LogP contribution in [-0.4, -0.2) is 22.0 Å². The van der Waals surface area contributed by atoms with E-state index in [1.165, 1.54) is 0 Å². The van der Waals surface area contributed by atoms with Crippen molar-refractivity contribution >= 4 is 23.3 Å². The molecular weight excluding hydrogens is 262 g/mol. The molecule has 3 rings (SSSR count). The average Bonchev–Trinajstić information content (AvgIpc) is 2.56. The molecule has 3 aromatic rings. The van der Waals surface area contributed by atoms with Gasteiger partial charge in [-0.3, -0.25) is 0 Å². The van der Waals surface area contributed by atoms with E-state index in [1.54, 1.807) is 12.4 Å². The van der Waals surface area contributed by atoms with Gasteiger partial charge in [-0.05, 0) is 36.4 Å². The third kappa shape index (κ3) is 3.14.